The second-order valence-corrected chi connectivity index (χ2v) is 10.7. The van der Waals surface area contributed by atoms with Crippen LogP contribution in [0.4, 0.5) is 5.13 Å². The lowest BCUT2D eigenvalue weighted by Gasteiger charge is -2.00. The molecule has 0 amide bonds. The Kier molecular flexibility index (Phi) is 5.42. The van der Waals surface area contributed by atoms with Crippen molar-refractivity contribution in [2.75, 3.05) is 5.32 Å². The molecule has 11 heteroatoms. The summed E-state index contributed by atoms with van der Waals surface area (Å²) in [5.74, 6) is 1.99. The van der Waals surface area contributed by atoms with Crippen LogP contribution in [-0.2, 0) is 12.3 Å². The highest BCUT2D eigenvalue weighted by Crippen LogP contribution is 2.35. The monoisotopic (exact) mass is 473 g/mol. The van der Waals surface area contributed by atoms with Gasteiger partial charge in [-0.05, 0) is 31.2 Å². The van der Waals surface area contributed by atoms with Gasteiger partial charge in [-0.3, -0.25) is 4.79 Å². The van der Waals surface area contributed by atoms with E-state index in [1.54, 1.807) is 17.6 Å². The topological polar surface area (TPSA) is 96.7 Å². The average Bonchev–Trinajstić information content (AvgIpc) is 3.51. The second-order valence-electron chi connectivity index (χ2n) is 6.35. The second kappa shape index (κ2) is 8.34. The summed E-state index contributed by atoms with van der Waals surface area (Å²) in [5, 5.41) is 14.9. The van der Waals surface area contributed by atoms with E-state index in [-0.39, 0.29) is 5.56 Å². The van der Waals surface area contributed by atoms with Crippen molar-refractivity contribution >= 4 is 61.1 Å². The molecule has 0 bridgehead atoms. The first-order chi connectivity index (χ1) is 14.7. The van der Waals surface area contributed by atoms with Crippen LogP contribution >= 0.6 is 45.8 Å². The Morgan fingerprint density at radius 3 is 2.97 bits per heavy atom. The SMILES string of the molecule is Cc1ccc(-c2csc3nc(CSc4nnc(NCc5ccco5)s4)[nH]c(=O)c23)s1. The maximum absolute atomic E-state index is 12.7. The largest absolute Gasteiger partial charge is 0.467 e. The van der Waals surface area contributed by atoms with E-state index in [1.165, 1.54) is 39.3 Å². The van der Waals surface area contributed by atoms with Crippen molar-refractivity contribution in [2.45, 2.75) is 23.6 Å². The third-order valence-corrected chi connectivity index (χ3v) is 8.16. The minimum atomic E-state index is -0.101. The molecule has 5 aromatic heterocycles. The van der Waals surface area contributed by atoms with Gasteiger partial charge in [-0.25, -0.2) is 4.98 Å². The van der Waals surface area contributed by atoms with Crippen LogP contribution in [0.2, 0.25) is 0 Å². The van der Waals surface area contributed by atoms with Crippen molar-refractivity contribution in [1.82, 2.24) is 20.2 Å². The standard InChI is InChI=1S/C19H15N5O2S4/c1-10-4-5-13(29-10)12-8-27-17-15(12)16(25)21-14(22-17)9-28-19-24-23-18(30-19)20-7-11-3-2-6-26-11/h2-6,8H,7,9H2,1H3,(H,20,23)(H,21,22,25). The molecule has 0 radical (unpaired) electrons. The molecule has 0 atom stereocenters. The molecule has 0 aliphatic rings. The van der Waals surface area contributed by atoms with Crippen molar-refractivity contribution < 1.29 is 4.42 Å². The fourth-order valence-corrected chi connectivity index (χ4v) is 6.41. The van der Waals surface area contributed by atoms with E-state index >= 15 is 0 Å². The van der Waals surface area contributed by atoms with Gasteiger partial charge in [-0.2, -0.15) is 0 Å². The number of H-pyrrole nitrogens is 1. The smallest absolute Gasteiger partial charge is 0.260 e. The molecule has 5 aromatic rings. The van der Waals surface area contributed by atoms with Gasteiger partial charge in [-0.15, -0.1) is 32.9 Å². The summed E-state index contributed by atoms with van der Waals surface area (Å²) >= 11 is 6.14. The molecule has 0 unspecified atom stereocenters. The zero-order valence-electron chi connectivity index (χ0n) is 15.7. The van der Waals surface area contributed by atoms with Gasteiger partial charge in [0.15, 0.2) is 4.34 Å². The summed E-state index contributed by atoms with van der Waals surface area (Å²) in [4.78, 5) is 23.4. The Balaban J connectivity index is 1.29. The molecule has 0 fully saturated rings. The molecule has 30 heavy (non-hydrogen) atoms. The summed E-state index contributed by atoms with van der Waals surface area (Å²) < 4.78 is 6.10. The first kappa shape index (κ1) is 19.5. The number of thioether (sulfide) groups is 1. The molecular weight excluding hydrogens is 459 g/mol. The van der Waals surface area contributed by atoms with Crippen molar-refractivity contribution in [1.29, 1.82) is 0 Å². The number of aromatic amines is 1. The number of fused-ring (bicyclic) bond motifs is 1. The molecule has 0 aliphatic carbocycles. The number of rotatable bonds is 7. The number of aromatic nitrogens is 4. The van der Waals surface area contributed by atoms with E-state index in [2.05, 4.69) is 44.5 Å². The van der Waals surface area contributed by atoms with Gasteiger partial charge in [0.1, 0.15) is 16.4 Å². The van der Waals surface area contributed by atoms with Crippen LogP contribution in [0.15, 0.2) is 49.5 Å². The fraction of sp³-hybridized carbons (Fsp3) is 0.158. The van der Waals surface area contributed by atoms with E-state index in [9.17, 15) is 4.79 Å². The lowest BCUT2D eigenvalue weighted by molar-refractivity contribution is 0.518. The highest BCUT2D eigenvalue weighted by Gasteiger charge is 2.15. The Labute approximate surface area is 187 Å². The molecule has 7 nitrogen and oxygen atoms in total. The van der Waals surface area contributed by atoms with Crippen molar-refractivity contribution in [3.05, 3.63) is 62.7 Å². The molecule has 0 spiro atoms. The Morgan fingerprint density at radius 2 is 2.17 bits per heavy atom. The summed E-state index contributed by atoms with van der Waals surface area (Å²) in [6, 6.07) is 7.87. The van der Waals surface area contributed by atoms with Gasteiger partial charge in [0.2, 0.25) is 5.13 Å². The van der Waals surface area contributed by atoms with Crippen LogP contribution in [-0.4, -0.2) is 20.2 Å². The minimum Gasteiger partial charge on any atom is -0.467 e. The van der Waals surface area contributed by atoms with Crippen LogP contribution in [0.5, 0.6) is 0 Å². The highest BCUT2D eigenvalue weighted by atomic mass is 32.2. The average molecular weight is 474 g/mol. The number of hydrogen-bond acceptors (Lipinski definition) is 10. The van der Waals surface area contributed by atoms with Crippen molar-refractivity contribution in [3.63, 3.8) is 0 Å². The third kappa shape index (κ3) is 4.06. The highest BCUT2D eigenvalue weighted by molar-refractivity contribution is 8.00. The molecule has 0 aliphatic heterocycles. The maximum atomic E-state index is 12.7. The fourth-order valence-electron chi connectivity index (χ4n) is 2.87. The lowest BCUT2D eigenvalue weighted by atomic mass is 10.2. The predicted octanol–water partition coefficient (Wildman–Crippen LogP) is 5.37. The van der Waals surface area contributed by atoms with Crippen molar-refractivity contribution in [3.8, 4) is 10.4 Å². The van der Waals surface area contributed by atoms with Crippen LogP contribution in [0.25, 0.3) is 20.7 Å². The zero-order valence-corrected chi connectivity index (χ0v) is 18.9. The lowest BCUT2D eigenvalue weighted by Crippen LogP contribution is -2.10. The predicted molar refractivity (Wildman–Crippen MR) is 124 cm³/mol. The van der Waals surface area contributed by atoms with Gasteiger partial charge in [0.25, 0.3) is 5.56 Å². The summed E-state index contributed by atoms with van der Waals surface area (Å²) in [6.45, 7) is 2.62. The molecule has 0 saturated heterocycles. The van der Waals surface area contributed by atoms with Crippen LogP contribution in [0.1, 0.15) is 16.5 Å². The summed E-state index contributed by atoms with van der Waals surface area (Å²) in [5.41, 5.74) is 0.855. The summed E-state index contributed by atoms with van der Waals surface area (Å²) in [6.07, 6.45) is 1.64. The maximum Gasteiger partial charge on any atom is 0.260 e. The van der Waals surface area contributed by atoms with Gasteiger partial charge >= 0.3 is 0 Å². The number of furan rings is 1. The first-order valence-corrected chi connectivity index (χ1v) is 12.5. The Morgan fingerprint density at radius 1 is 1.23 bits per heavy atom. The number of nitrogens with one attached hydrogen (secondary N) is 2. The normalized spacial score (nSPS) is 11.4. The first-order valence-electron chi connectivity index (χ1n) is 8.95. The third-order valence-electron chi connectivity index (χ3n) is 4.23. The van der Waals surface area contributed by atoms with Crippen molar-refractivity contribution in [2.24, 2.45) is 0 Å². The van der Waals surface area contributed by atoms with E-state index in [0.29, 0.717) is 23.5 Å². The minimum absolute atomic E-state index is 0.101. The summed E-state index contributed by atoms with van der Waals surface area (Å²) in [7, 11) is 0. The van der Waals surface area contributed by atoms with Gasteiger partial charge in [0, 0.05) is 20.7 Å². The number of aryl methyl sites for hydroxylation is 1. The van der Waals surface area contributed by atoms with Gasteiger partial charge in [-0.1, -0.05) is 23.1 Å². The molecule has 0 saturated carbocycles. The quantitative estimate of drug-likeness (QED) is 0.307. The molecule has 0 aromatic carbocycles. The molecular formula is C19H15N5O2S4. The van der Waals surface area contributed by atoms with Gasteiger partial charge < -0.3 is 14.7 Å². The Bertz CT molecular complexity index is 1350. The number of nitrogens with zero attached hydrogens (tertiary/aromatic N) is 3. The Hall–Kier alpha value is -2.47. The van der Waals surface area contributed by atoms with E-state index < -0.39 is 0 Å². The molecule has 5 heterocycles. The zero-order chi connectivity index (χ0) is 20.5. The van der Waals surface area contributed by atoms with E-state index in [1.807, 2.05) is 17.5 Å². The van der Waals surface area contributed by atoms with E-state index in [0.717, 1.165) is 30.5 Å². The number of anilines is 1. The molecule has 2 N–H and O–H groups in total. The number of thiophene rings is 2. The number of hydrogen-bond donors (Lipinski definition) is 2. The van der Waals surface area contributed by atoms with Gasteiger partial charge in [0.05, 0.1) is 23.9 Å². The van der Waals surface area contributed by atoms with Crippen LogP contribution in [0.3, 0.4) is 0 Å². The van der Waals surface area contributed by atoms with Crippen LogP contribution in [0, 0.1) is 6.92 Å². The molecule has 5 rings (SSSR count). The van der Waals surface area contributed by atoms with Crippen LogP contribution < -0.4 is 10.9 Å². The van der Waals surface area contributed by atoms with E-state index in [4.69, 9.17) is 4.42 Å². The molecule has 152 valence electrons.